The summed E-state index contributed by atoms with van der Waals surface area (Å²) in [6.45, 7) is 4.07. The first kappa shape index (κ1) is 18.8. The summed E-state index contributed by atoms with van der Waals surface area (Å²) in [5.41, 5.74) is 13.5. The number of piperazine rings is 1. The van der Waals surface area contributed by atoms with E-state index in [9.17, 15) is 0 Å². The van der Waals surface area contributed by atoms with Gasteiger partial charge in [0.15, 0.2) is 11.5 Å². The Morgan fingerprint density at radius 3 is 2.66 bits per heavy atom. The number of nitrogens with two attached hydrogens (primary N) is 1. The van der Waals surface area contributed by atoms with Crippen LogP contribution in [0.15, 0.2) is 48.8 Å². The number of para-hydroxylation sites is 1. The summed E-state index contributed by atoms with van der Waals surface area (Å²) in [4.78, 5) is 22.2. The number of nitrogen functional groups attached to an aromatic ring is 1. The molecule has 0 radical (unpaired) electrons. The number of imidazole rings is 1. The maximum Gasteiger partial charge on any atom is 0.161 e. The lowest BCUT2D eigenvalue weighted by atomic mass is 10.1. The van der Waals surface area contributed by atoms with Gasteiger partial charge in [-0.1, -0.05) is 6.07 Å². The van der Waals surface area contributed by atoms with Gasteiger partial charge >= 0.3 is 0 Å². The fourth-order valence-electron chi connectivity index (χ4n) is 4.25. The average molecular weight is 426 g/mol. The molecule has 0 bridgehead atoms. The van der Waals surface area contributed by atoms with Gasteiger partial charge in [-0.05, 0) is 37.4 Å². The van der Waals surface area contributed by atoms with Crippen molar-refractivity contribution < 1.29 is 0 Å². The molecule has 9 nitrogen and oxygen atoms in total. The minimum atomic E-state index is 0.602. The highest BCUT2D eigenvalue weighted by atomic mass is 15.3. The van der Waals surface area contributed by atoms with Crippen molar-refractivity contribution in [2.24, 2.45) is 0 Å². The zero-order valence-electron chi connectivity index (χ0n) is 17.7. The number of anilines is 2. The third-order valence-corrected chi connectivity index (χ3v) is 6.02. The third-order valence-electron chi connectivity index (χ3n) is 6.02. The summed E-state index contributed by atoms with van der Waals surface area (Å²) in [6.07, 6.45) is 3.38. The first-order valence-electron chi connectivity index (χ1n) is 10.6. The molecular weight excluding hydrogens is 402 g/mol. The quantitative estimate of drug-likeness (QED) is 0.407. The molecule has 1 saturated heterocycles. The van der Waals surface area contributed by atoms with Crippen LogP contribution in [0.5, 0.6) is 0 Å². The molecule has 32 heavy (non-hydrogen) atoms. The number of benzene rings is 1. The Balaban J connectivity index is 1.44. The maximum atomic E-state index is 5.91. The highest BCUT2D eigenvalue weighted by Gasteiger charge is 2.20. The predicted octanol–water partition coefficient (Wildman–Crippen LogP) is 2.90. The molecule has 1 aromatic carbocycles. The molecule has 160 valence electrons. The van der Waals surface area contributed by atoms with Gasteiger partial charge in [-0.3, -0.25) is 10.1 Å². The molecule has 6 rings (SSSR count). The predicted molar refractivity (Wildman–Crippen MR) is 126 cm³/mol. The first-order chi connectivity index (χ1) is 15.7. The van der Waals surface area contributed by atoms with Crippen molar-refractivity contribution in [3.05, 3.63) is 48.8 Å². The summed E-state index contributed by atoms with van der Waals surface area (Å²) in [6, 6.07) is 12.0. The number of aromatic amines is 2. The Bertz CT molecular complexity index is 1430. The molecule has 0 atom stereocenters. The van der Waals surface area contributed by atoms with Crippen molar-refractivity contribution >= 4 is 33.4 Å². The van der Waals surface area contributed by atoms with Crippen LogP contribution in [0.25, 0.3) is 44.8 Å². The van der Waals surface area contributed by atoms with Crippen LogP contribution in [0.1, 0.15) is 0 Å². The van der Waals surface area contributed by atoms with E-state index in [-0.39, 0.29) is 0 Å². The standard InChI is InChI=1S/C23H23N9/c1-31-7-9-32(10-8-31)19-4-2-3-17-20(19)28-23(27-17)22-21-18(29-30-22)6-5-16(26-21)14-11-15(24)13-25-12-14/h2-6,11-13H,7-10,24H2,1H3,(H,27,28)(H,29,30). The molecule has 0 amide bonds. The molecule has 9 heteroatoms. The highest BCUT2D eigenvalue weighted by Crippen LogP contribution is 2.31. The number of aromatic nitrogens is 6. The van der Waals surface area contributed by atoms with E-state index in [0.29, 0.717) is 17.2 Å². The van der Waals surface area contributed by atoms with Crippen molar-refractivity contribution in [2.45, 2.75) is 0 Å². The second-order valence-corrected chi connectivity index (χ2v) is 8.22. The normalized spacial score (nSPS) is 15.1. The number of pyridine rings is 2. The molecule has 4 N–H and O–H groups in total. The van der Waals surface area contributed by atoms with Gasteiger partial charge < -0.3 is 20.5 Å². The molecule has 1 aliphatic rings. The summed E-state index contributed by atoms with van der Waals surface area (Å²) in [5.74, 6) is 0.697. The van der Waals surface area contributed by atoms with Crippen LogP contribution in [0.3, 0.4) is 0 Å². The van der Waals surface area contributed by atoms with Crippen LogP contribution >= 0.6 is 0 Å². The molecule has 1 aliphatic heterocycles. The fourth-order valence-corrected chi connectivity index (χ4v) is 4.25. The monoisotopic (exact) mass is 425 g/mol. The zero-order valence-corrected chi connectivity index (χ0v) is 17.7. The van der Waals surface area contributed by atoms with Gasteiger partial charge in [0.1, 0.15) is 11.0 Å². The molecule has 0 aliphatic carbocycles. The molecule has 5 heterocycles. The SMILES string of the molecule is CN1CCN(c2cccc3[nH]c(-c4n[nH]c5ccc(-c6cncc(N)c6)nc45)nc23)CC1. The Hall–Kier alpha value is -3.98. The van der Waals surface area contributed by atoms with Crippen molar-refractivity contribution in [2.75, 3.05) is 43.9 Å². The van der Waals surface area contributed by atoms with Crippen LogP contribution in [0.2, 0.25) is 0 Å². The molecule has 0 unspecified atom stereocenters. The van der Waals surface area contributed by atoms with Crippen LogP contribution < -0.4 is 10.6 Å². The van der Waals surface area contributed by atoms with E-state index < -0.39 is 0 Å². The summed E-state index contributed by atoms with van der Waals surface area (Å²) < 4.78 is 0. The molecular formula is C23H23N9. The smallest absolute Gasteiger partial charge is 0.161 e. The summed E-state index contributed by atoms with van der Waals surface area (Å²) >= 11 is 0. The number of H-pyrrole nitrogens is 2. The van der Waals surface area contributed by atoms with Gasteiger partial charge in [-0.15, -0.1) is 0 Å². The number of hydrogen-bond donors (Lipinski definition) is 3. The summed E-state index contributed by atoms with van der Waals surface area (Å²) in [5, 5.41) is 7.60. The molecule has 0 saturated carbocycles. The molecule has 4 aromatic heterocycles. The van der Waals surface area contributed by atoms with Gasteiger partial charge in [-0.25, -0.2) is 9.97 Å². The van der Waals surface area contributed by atoms with E-state index in [1.807, 2.05) is 18.2 Å². The fraction of sp³-hybridized carbons (Fsp3) is 0.217. The number of likely N-dealkylation sites (N-methyl/N-ethyl adjacent to an activating group) is 1. The first-order valence-corrected chi connectivity index (χ1v) is 10.6. The topological polar surface area (TPSA) is 116 Å². The number of nitrogens with one attached hydrogen (secondary N) is 2. The largest absolute Gasteiger partial charge is 0.397 e. The van der Waals surface area contributed by atoms with Gasteiger partial charge in [0, 0.05) is 44.1 Å². The average Bonchev–Trinajstić information content (AvgIpc) is 3.43. The van der Waals surface area contributed by atoms with Crippen molar-refractivity contribution in [1.82, 2.24) is 35.0 Å². The number of fused-ring (bicyclic) bond motifs is 2. The lowest BCUT2D eigenvalue weighted by Gasteiger charge is -2.34. The van der Waals surface area contributed by atoms with Gasteiger partial charge in [0.25, 0.3) is 0 Å². The lowest BCUT2D eigenvalue weighted by molar-refractivity contribution is 0.313. The van der Waals surface area contributed by atoms with E-state index in [1.54, 1.807) is 12.4 Å². The van der Waals surface area contributed by atoms with E-state index in [0.717, 1.165) is 65.2 Å². The number of nitrogens with zero attached hydrogens (tertiary/aromatic N) is 6. The van der Waals surface area contributed by atoms with Gasteiger partial charge in [-0.2, -0.15) is 5.10 Å². The highest BCUT2D eigenvalue weighted by molar-refractivity contribution is 5.95. The van der Waals surface area contributed by atoms with Crippen molar-refractivity contribution in [3.8, 4) is 22.8 Å². The minimum Gasteiger partial charge on any atom is -0.397 e. The zero-order chi connectivity index (χ0) is 21.7. The second kappa shape index (κ2) is 7.31. The Morgan fingerprint density at radius 1 is 0.938 bits per heavy atom. The van der Waals surface area contributed by atoms with Crippen LogP contribution in [-0.4, -0.2) is 68.3 Å². The van der Waals surface area contributed by atoms with Crippen LogP contribution in [-0.2, 0) is 0 Å². The van der Waals surface area contributed by atoms with E-state index >= 15 is 0 Å². The number of hydrogen-bond acceptors (Lipinski definition) is 7. The van der Waals surface area contributed by atoms with Gasteiger partial charge in [0.2, 0.25) is 0 Å². The van der Waals surface area contributed by atoms with E-state index in [4.69, 9.17) is 15.7 Å². The van der Waals surface area contributed by atoms with Crippen molar-refractivity contribution in [1.29, 1.82) is 0 Å². The van der Waals surface area contributed by atoms with Crippen LogP contribution in [0.4, 0.5) is 11.4 Å². The lowest BCUT2D eigenvalue weighted by Crippen LogP contribution is -2.44. The summed E-state index contributed by atoms with van der Waals surface area (Å²) in [7, 11) is 2.16. The van der Waals surface area contributed by atoms with Gasteiger partial charge in [0.05, 0.1) is 28.1 Å². The van der Waals surface area contributed by atoms with Crippen molar-refractivity contribution in [3.63, 3.8) is 0 Å². The minimum absolute atomic E-state index is 0.602. The Labute approximate surface area is 184 Å². The molecule has 1 fully saturated rings. The third kappa shape index (κ3) is 3.14. The second-order valence-electron chi connectivity index (χ2n) is 8.22. The Morgan fingerprint density at radius 2 is 1.81 bits per heavy atom. The molecule has 0 spiro atoms. The maximum absolute atomic E-state index is 5.91. The molecule has 5 aromatic rings. The van der Waals surface area contributed by atoms with E-state index in [2.05, 4.69) is 55.2 Å². The Kier molecular flexibility index (Phi) is 4.29. The number of rotatable bonds is 3. The van der Waals surface area contributed by atoms with Crippen LogP contribution in [0, 0.1) is 0 Å². The van der Waals surface area contributed by atoms with E-state index in [1.165, 1.54) is 0 Å².